The van der Waals surface area contributed by atoms with Crippen LogP contribution in [-0.2, 0) is 30.4 Å². The Balaban J connectivity index is 3.20. The first-order valence-corrected chi connectivity index (χ1v) is 8.20. The highest BCUT2D eigenvalue weighted by Gasteiger charge is 2.37. The standard InChI is InChI=1S/C18H25NO7/c1-6-25-17(21)16(18(22)26-7-2)19(12(3)20)11-13-8-9-14(23-4)15(10-13)24-5/h8-10,16H,6-7,11H2,1-5H3. The maximum atomic E-state index is 12.3. The van der Waals surface area contributed by atoms with Crippen molar-refractivity contribution < 1.29 is 33.3 Å². The third-order valence-corrected chi connectivity index (χ3v) is 3.54. The Morgan fingerprint density at radius 2 is 1.50 bits per heavy atom. The summed E-state index contributed by atoms with van der Waals surface area (Å²) in [7, 11) is 3.00. The van der Waals surface area contributed by atoms with Crippen LogP contribution in [0.1, 0.15) is 26.3 Å². The number of amides is 1. The summed E-state index contributed by atoms with van der Waals surface area (Å²) in [6, 6.07) is 3.59. The molecule has 1 aromatic carbocycles. The quantitative estimate of drug-likeness (QED) is 0.483. The summed E-state index contributed by atoms with van der Waals surface area (Å²) >= 11 is 0. The lowest BCUT2D eigenvalue weighted by atomic mass is 10.1. The van der Waals surface area contributed by atoms with Crippen molar-refractivity contribution in [1.29, 1.82) is 0 Å². The van der Waals surface area contributed by atoms with Gasteiger partial charge in [-0.1, -0.05) is 6.07 Å². The number of methoxy groups -OCH3 is 2. The fraction of sp³-hybridized carbons (Fsp3) is 0.500. The summed E-state index contributed by atoms with van der Waals surface area (Å²) in [6.45, 7) is 4.66. The van der Waals surface area contributed by atoms with Gasteiger partial charge in [0.1, 0.15) is 0 Å². The van der Waals surface area contributed by atoms with Crippen molar-refractivity contribution in [2.45, 2.75) is 33.4 Å². The first kappa shape index (κ1) is 21.3. The zero-order valence-electron chi connectivity index (χ0n) is 15.7. The van der Waals surface area contributed by atoms with Crippen LogP contribution in [0.2, 0.25) is 0 Å². The number of benzene rings is 1. The van der Waals surface area contributed by atoms with Crippen molar-refractivity contribution in [3.05, 3.63) is 23.8 Å². The van der Waals surface area contributed by atoms with E-state index in [0.717, 1.165) is 4.90 Å². The van der Waals surface area contributed by atoms with Crippen molar-refractivity contribution in [3.63, 3.8) is 0 Å². The average molecular weight is 367 g/mol. The Kier molecular flexibility index (Phi) is 8.41. The Hall–Kier alpha value is -2.77. The van der Waals surface area contributed by atoms with Crippen LogP contribution >= 0.6 is 0 Å². The summed E-state index contributed by atoms with van der Waals surface area (Å²) in [4.78, 5) is 37.8. The number of carbonyl (C=O) groups is 3. The van der Waals surface area contributed by atoms with E-state index in [2.05, 4.69) is 0 Å². The molecule has 0 unspecified atom stereocenters. The van der Waals surface area contributed by atoms with Crippen LogP contribution in [0.15, 0.2) is 18.2 Å². The van der Waals surface area contributed by atoms with Crippen LogP contribution in [0, 0.1) is 0 Å². The molecule has 0 fully saturated rings. The summed E-state index contributed by atoms with van der Waals surface area (Å²) in [5.74, 6) is -1.13. The Morgan fingerprint density at radius 3 is 1.92 bits per heavy atom. The van der Waals surface area contributed by atoms with Crippen LogP contribution in [0.25, 0.3) is 0 Å². The van der Waals surface area contributed by atoms with E-state index >= 15 is 0 Å². The minimum atomic E-state index is -1.47. The van der Waals surface area contributed by atoms with Gasteiger partial charge in [0.15, 0.2) is 11.5 Å². The molecule has 0 heterocycles. The van der Waals surface area contributed by atoms with Gasteiger partial charge in [0.2, 0.25) is 11.9 Å². The van der Waals surface area contributed by atoms with Crippen molar-refractivity contribution >= 4 is 17.8 Å². The third kappa shape index (κ3) is 5.37. The van der Waals surface area contributed by atoms with Crippen LogP contribution < -0.4 is 9.47 Å². The summed E-state index contributed by atoms with van der Waals surface area (Å²) in [5.41, 5.74) is 0.649. The van der Waals surface area contributed by atoms with E-state index in [9.17, 15) is 14.4 Å². The van der Waals surface area contributed by atoms with E-state index in [1.807, 2.05) is 0 Å². The number of nitrogens with zero attached hydrogens (tertiary/aromatic N) is 1. The molecule has 1 amide bonds. The molecular formula is C18H25NO7. The average Bonchev–Trinajstić information content (AvgIpc) is 2.61. The number of esters is 2. The first-order valence-electron chi connectivity index (χ1n) is 8.20. The molecule has 1 aromatic rings. The third-order valence-electron chi connectivity index (χ3n) is 3.54. The first-order chi connectivity index (χ1) is 12.4. The van der Waals surface area contributed by atoms with Gasteiger partial charge >= 0.3 is 11.9 Å². The van der Waals surface area contributed by atoms with Crippen molar-refractivity contribution in [2.24, 2.45) is 0 Å². The van der Waals surface area contributed by atoms with Gasteiger partial charge in [0, 0.05) is 13.5 Å². The zero-order chi connectivity index (χ0) is 19.7. The zero-order valence-corrected chi connectivity index (χ0v) is 15.7. The fourth-order valence-corrected chi connectivity index (χ4v) is 2.35. The number of hydrogen-bond acceptors (Lipinski definition) is 7. The van der Waals surface area contributed by atoms with E-state index in [1.165, 1.54) is 21.1 Å². The van der Waals surface area contributed by atoms with E-state index in [4.69, 9.17) is 18.9 Å². The molecule has 0 aliphatic heterocycles. The van der Waals surface area contributed by atoms with Gasteiger partial charge in [-0.05, 0) is 31.5 Å². The molecule has 0 saturated heterocycles. The molecule has 0 atom stereocenters. The lowest BCUT2D eigenvalue weighted by Crippen LogP contribution is -2.50. The minimum absolute atomic E-state index is 0.00200. The highest BCUT2D eigenvalue weighted by atomic mass is 16.6. The SMILES string of the molecule is CCOC(=O)C(C(=O)OCC)N(Cc1ccc(OC)c(OC)c1)C(C)=O. The van der Waals surface area contributed by atoms with Gasteiger partial charge in [-0.25, -0.2) is 9.59 Å². The monoisotopic (exact) mass is 367 g/mol. The molecule has 0 aliphatic rings. The topological polar surface area (TPSA) is 91.4 Å². The minimum Gasteiger partial charge on any atom is -0.493 e. The molecule has 0 spiro atoms. The lowest BCUT2D eigenvalue weighted by molar-refractivity contribution is -0.167. The molecule has 0 bridgehead atoms. The smallest absolute Gasteiger partial charge is 0.340 e. The maximum Gasteiger partial charge on any atom is 0.340 e. The summed E-state index contributed by atoms with van der Waals surface area (Å²) in [5, 5.41) is 0. The Morgan fingerprint density at radius 1 is 0.962 bits per heavy atom. The molecule has 0 aromatic heterocycles. The molecule has 1 rings (SSSR count). The van der Waals surface area contributed by atoms with Crippen molar-refractivity contribution in [1.82, 2.24) is 4.90 Å². The number of carbonyl (C=O) groups excluding carboxylic acids is 3. The van der Waals surface area contributed by atoms with Gasteiger partial charge in [-0.3, -0.25) is 4.79 Å². The summed E-state index contributed by atoms with van der Waals surface area (Å²) < 4.78 is 20.3. The van der Waals surface area contributed by atoms with Gasteiger partial charge < -0.3 is 23.8 Å². The second-order valence-corrected chi connectivity index (χ2v) is 5.24. The van der Waals surface area contributed by atoms with E-state index in [0.29, 0.717) is 17.1 Å². The van der Waals surface area contributed by atoms with Gasteiger partial charge in [0.25, 0.3) is 0 Å². The van der Waals surface area contributed by atoms with E-state index in [-0.39, 0.29) is 19.8 Å². The molecule has 0 radical (unpaired) electrons. The highest BCUT2D eigenvalue weighted by molar-refractivity contribution is 6.02. The van der Waals surface area contributed by atoms with E-state index in [1.54, 1.807) is 32.0 Å². The molecule has 8 nitrogen and oxygen atoms in total. The molecule has 144 valence electrons. The number of rotatable bonds is 9. The molecule has 26 heavy (non-hydrogen) atoms. The molecular weight excluding hydrogens is 342 g/mol. The predicted octanol–water partition coefficient (Wildman–Crippen LogP) is 1.55. The molecule has 8 heteroatoms. The van der Waals surface area contributed by atoms with Gasteiger partial charge in [-0.15, -0.1) is 0 Å². The predicted molar refractivity (Wildman–Crippen MR) is 92.8 cm³/mol. The molecule has 0 N–H and O–H groups in total. The van der Waals surface area contributed by atoms with E-state index < -0.39 is 23.9 Å². The van der Waals surface area contributed by atoms with Gasteiger partial charge in [-0.2, -0.15) is 0 Å². The highest BCUT2D eigenvalue weighted by Crippen LogP contribution is 2.28. The maximum absolute atomic E-state index is 12.3. The molecule has 0 saturated carbocycles. The number of hydrogen-bond donors (Lipinski definition) is 0. The van der Waals surface area contributed by atoms with Crippen LogP contribution in [0.5, 0.6) is 11.5 Å². The normalized spacial score (nSPS) is 10.2. The van der Waals surface area contributed by atoms with Crippen LogP contribution in [-0.4, -0.2) is 56.2 Å². The van der Waals surface area contributed by atoms with Crippen molar-refractivity contribution in [3.8, 4) is 11.5 Å². The summed E-state index contributed by atoms with van der Waals surface area (Å²) in [6.07, 6.45) is 0. The van der Waals surface area contributed by atoms with Crippen molar-refractivity contribution in [2.75, 3.05) is 27.4 Å². The lowest BCUT2D eigenvalue weighted by Gasteiger charge is -2.28. The van der Waals surface area contributed by atoms with Crippen LogP contribution in [0.4, 0.5) is 0 Å². The largest absolute Gasteiger partial charge is 0.493 e. The number of ether oxygens (including phenoxy) is 4. The Labute approximate surface area is 153 Å². The fourth-order valence-electron chi connectivity index (χ4n) is 2.35. The Bertz CT molecular complexity index is 626. The second kappa shape index (κ2) is 10.3. The second-order valence-electron chi connectivity index (χ2n) is 5.24. The van der Waals surface area contributed by atoms with Gasteiger partial charge in [0.05, 0.1) is 27.4 Å². The molecule has 0 aliphatic carbocycles. The van der Waals surface area contributed by atoms with Crippen LogP contribution in [0.3, 0.4) is 0 Å².